The number of aromatic amines is 2. The van der Waals surface area contributed by atoms with Crippen LogP contribution in [-0.2, 0) is 11.2 Å². The van der Waals surface area contributed by atoms with Crippen molar-refractivity contribution in [2.45, 2.75) is 6.42 Å². The Labute approximate surface area is 221 Å². The van der Waals surface area contributed by atoms with E-state index in [2.05, 4.69) is 35.5 Å². The molecule has 0 fully saturated rings. The number of benzene rings is 1. The average Bonchev–Trinajstić information content (AvgIpc) is 3.73. The Morgan fingerprint density at radius 3 is 2.72 bits per heavy atom. The second-order valence-corrected chi connectivity index (χ2v) is 9.01. The minimum absolute atomic E-state index is 0.116. The first-order valence-electron chi connectivity index (χ1n) is 12.2. The predicted octanol–water partition coefficient (Wildman–Crippen LogP) is 5.40. The van der Waals surface area contributed by atoms with Crippen LogP contribution in [0.15, 0.2) is 96.3 Å². The van der Waals surface area contributed by atoms with E-state index in [0.717, 1.165) is 44.3 Å². The molecule has 10 heteroatoms. The van der Waals surface area contributed by atoms with Gasteiger partial charge in [-0.05, 0) is 29.8 Å². The molecule has 3 N–H and O–H groups in total. The molecule has 1 aromatic carbocycles. The van der Waals surface area contributed by atoms with E-state index >= 15 is 0 Å². The number of H-pyrrole nitrogens is 2. The van der Waals surface area contributed by atoms with E-state index in [9.17, 15) is 4.79 Å². The molecule has 0 aliphatic heterocycles. The molecule has 188 valence electrons. The molecule has 6 aromatic heterocycles. The third-order valence-corrected chi connectivity index (χ3v) is 6.39. The van der Waals surface area contributed by atoms with Crippen molar-refractivity contribution < 1.29 is 9.21 Å². The maximum Gasteiger partial charge on any atom is 0.228 e. The molecular formula is C29H20N8O2. The minimum atomic E-state index is -0.116. The lowest BCUT2D eigenvalue weighted by Crippen LogP contribution is -2.14. The van der Waals surface area contributed by atoms with E-state index in [4.69, 9.17) is 9.40 Å². The number of anilines is 1. The number of carbonyl (C=O) groups is 1. The number of nitrogens with one attached hydrogen (secondary N) is 3. The Hall–Kier alpha value is -5.64. The highest BCUT2D eigenvalue weighted by Crippen LogP contribution is 2.32. The van der Waals surface area contributed by atoms with Crippen LogP contribution in [-0.4, -0.2) is 41.0 Å². The quantitative estimate of drug-likeness (QED) is 0.271. The van der Waals surface area contributed by atoms with Gasteiger partial charge in [0.05, 0.1) is 53.8 Å². The van der Waals surface area contributed by atoms with Gasteiger partial charge in [0.15, 0.2) is 5.82 Å². The van der Waals surface area contributed by atoms with Gasteiger partial charge in [-0.1, -0.05) is 30.3 Å². The molecule has 0 aliphatic rings. The Bertz CT molecular complexity index is 1940. The zero-order valence-corrected chi connectivity index (χ0v) is 20.4. The second-order valence-electron chi connectivity index (χ2n) is 9.01. The standard InChI is InChI=1S/C29H20N8O2/c38-25(10-17-4-2-1-3-5-17)33-20-11-19(13-30-14-20)23-12-21-24(15-32-23)36-37-27(21)29-34-22-6-8-31-26(28(22)35-29)18-7-9-39-16-18/h1-9,11-16H,10H2,(H,33,38)(H,34,35)(H,36,37). The van der Waals surface area contributed by atoms with Gasteiger partial charge < -0.3 is 14.7 Å². The number of carbonyl (C=O) groups excluding carboxylic acids is 1. The number of nitrogens with zero attached hydrogens (tertiary/aromatic N) is 5. The molecule has 0 spiro atoms. The molecule has 7 aromatic rings. The summed E-state index contributed by atoms with van der Waals surface area (Å²) in [4.78, 5) is 34.1. The molecule has 0 saturated carbocycles. The molecule has 0 saturated heterocycles. The van der Waals surface area contributed by atoms with Crippen LogP contribution in [0.3, 0.4) is 0 Å². The number of pyridine rings is 3. The summed E-state index contributed by atoms with van der Waals surface area (Å²) in [5, 5.41) is 11.3. The second kappa shape index (κ2) is 9.34. The molecule has 0 atom stereocenters. The van der Waals surface area contributed by atoms with Gasteiger partial charge >= 0.3 is 0 Å². The number of hydrogen-bond donors (Lipinski definition) is 3. The monoisotopic (exact) mass is 512 g/mol. The maximum atomic E-state index is 12.6. The number of hydrogen-bond acceptors (Lipinski definition) is 7. The Balaban J connectivity index is 1.21. The fourth-order valence-corrected chi connectivity index (χ4v) is 4.55. The van der Waals surface area contributed by atoms with E-state index < -0.39 is 0 Å². The van der Waals surface area contributed by atoms with Crippen molar-refractivity contribution in [1.29, 1.82) is 0 Å². The number of amides is 1. The summed E-state index contributed by atoms with van der Waals surface area (Å²) in [5.41, 5.74) is 7.55. The SMILES string of the molecule is O=C(Cc1ccccc1)Nc1cncc(-c2cc3c(-c4nc5c(-c6ccoc6)nccc5[nH]4)n[nH]c3cn2)c1. The van der Waals surface area contributed by atoms with Crippen molar-refractivity contribution in [3.8, 4) is 34.0 Å². The third-order valence-electron chi connectivity index (χ3n) is 6.39. The number of rotatable bonds is 6. The maximum absolute atomic E-state index is 12.6. The molecule has 0 radical (unpaired) electrons. The van der Waals surface area contributed by atoms with Gasteiger partial charge in [0, 0.05) is 28.9 Å². The third kappa shape index (κ3) is 4.29. The fourth-order valence-electron chi connectivity index (χ4n) is 4.55. The summed E-state index contributed by atoms with van der Waals surface area (Å²) in [6, 6.07) is 17.1. The Morgan fingerprint density at radius 2 is 1.85 bits per heavy atom. The summed E-state index contributed by atoms with van der Waals surface area (Å²) in [6.07, 6.45) is 10.3. The van der Waals surface area contributed by atoms with Crippen molar-refractivity contribution in [2.75, 3.05) is 5.32 Å². The van der Waals surface area contributed by atoms with Crippen LogP contribution >= 0.6 is 0 Å². The van der Waals surface area contributed by atoms with Crippen LogP contribution in [0.1, 0.15) is 5.56 Å². The molecule has 39 heavy (non-hydrogen) atoms. The molecule has 0 unspecified atom stereocenters. The van der Waals surface area contributed by atoms with E-state index in [1.54, 1.807) is 37.3 Å². The number of imidazole rings is 1. The van der Waals surface area contributed by atoms with Gasteiger partial charge in [-0.3, -0.25) is 24.8 Å². The lowest BCUT2D eigenvalue weighted by Gasteiger charge is -2.07. The van der Waals surface area contributed by atoms with Crippen molar-refractivity contribution >= 4 is 33.5 Å². The first kappa shape index (κ1) is 22.5. The summed E-state index contributed by atoms with van der Waals surface area (Å²) in [6.45, 7) is 0. The topological polar surface area (TPSA) is 138 Å². The molecule has 10 nitrogen and oxygen atoms in total. The summed E-state index contributed by atoms with van der Waals surface area (Å²) in [5.74, 6) is 0.487. The smallest absolute Gasteiger partial charge is 0.228 e. The molecule has 0 aliphatic carbocycles. The average molecular weight is 513 g/mol. The van der Waals surface area contributed by atoms with Crippen LogP contribution in [0.25, 0.3) is 56.0 Å². The van der Waals surface area contributed by atoms with E-state index in [1.165, 1.54) is 0 Å². The van der Waals surface area contributed by atoms with Gasteiger partial charge in [-0.25, -0.2) is 4.98 Å². The van der Waals surface area contributed by atoms with Crippen LogP contribution in [0, 0.1) is 0 Å². The number of fused-ring (bicyclic) bond motifs is 2. The molecule has 6 heterocycles. The van der Waals surface area contributed by atoms with E-state index in [-0.39, 0.29) is 12.3 Å². The number of aromatic nitrogens is 7. The molecule has 0 bridgehead atoms. The van der Waals surface area contributed by atoms with Gasteiger partial charge in [0.25, 0.3) is 0 Å². The van der Waals surface area contributed by atoms with Crippen LogP contribution in [0.4, 0.5) is 5.69 Å². The van der Waals surface area contributed by atoms with Crippen molar-refractivity contribution in [3.63, 3.8) is 0 Å². The van der Waals surface area contributed by atoms with Crippen LogP contribution < -0.4 is 5.32 Å². The first-order valence-corrected chi connectivity index (χ1v) is 12.2. The zero-order valence-electron chi connectivity index (χ0n) is 20.4. The fraction of sp³-hybridized carbons (Fsp3) is 0.0345. The zero-order chi connectivity index (χ0) is 26.2. The Morgan fingerprint density at radius 1 is 0.923 bits per heavy atom. The normalized spacial score (nSPS) is 11.3. The van der Waals surface area contributed by atoms with Crippen molar-refractivity contribution in [2.24, 2.45) is 0 Å². The minimum Gasteiger partial charge on any atom is -0.472 e. The van der Waals surface area contributed by atoms with Gasteiger partial charge in [-0.15, -0.1) is 0 Å². The van der Waals surface area contributed by atoms with Crippen LogP contribution in [0.5, 0.6) is 0 Å². The lowest BCUT2D eigenvalue weighted by atomic mass is 10.1. The van der Waals surface area contributed by atoms with Gasteiger partial charge in [-0.2, -0.15) is 5.10 Å². The highest BCUT2D eigenvalue weighted by Gasteiger charge is 2.17. The summed E-state index contributed by atoms with van der Waals surface area (Å²) >= 11 is 0. The highest BCUT2D eigenvalue weighted by molar-refractivity contribution is 5.97. The molecule has 7 rings (SSSR count). The van der Waals surface area contributed by atoms with Gasteiger partial charge in [0.1, 0.15) is 16.9 Å². The van der Waals surface area contributed by atoms with E-state index in [1.807, 2.05) is 54.6 Å². The van der Waals surface area contributed by atoms with Gasteiger partial charge in [0.2, 0.25) is 5.91 Å². The van der Waals surface area contributed by atoms with Crippen molar-refractivity contribution in [3.05, 3.63) is 97.5 Å². The first-order chi connectivity index (χ1) is 19.2. The predicted molar refractivity (Wildman–Crippen MR) is 146 cm³/mol. The van der Waals surface area contributed by atoms with E-state index in [0.29, 0.717) is 22.9 Å². The summed E-state index contributed by atoms with van der Waals surface area (Å²) in [7, 11) is 0. The lowest BCUT2D eigenvalue weighted by molar-refractivity contribution is -0.115. The van der Waals surface area contributed by atoms with Crippen LogP contribution in [0.2, 0.25) is 0 Å². The van der Waals surface area contributed by atoms with Crippen molar-refractivity contribution in [1.82, 2.24) is 35.1 Å². The molecule has 1 amide bonds. The summed E-state index contributed by atoms with van der Waals surface area (Å²) < 4.78 is 5.24. The Kier molecular flexibility index (Phi) is 5.40. The number of furan rings is 1. The molecular weight excluding hydrogens is 492 g/mol. The highest BCUT2D eigenvalue weighted by atomic mass is 16.3. The largest absolute Gasteiger partial charge is 0.472 e.